The molecule has 2 aromatic carbocycles. The highest BCUT2D eigenvalue weighted by Gasteiger charge is 2.37. The highest BCUT2D eigenvalue weighted by Crippen LogP contribution is 2.35. The largest absolute Gasteiger partial charge is 0.493 e. The van der Waals surface area contributed by atoms with Gasteiger partial charge < -0.3 is 14.6 Å². The fourth-order valence-corrected chi connectivity index (χ4v) is 3.91. The van der Waals surface area contributed by atoms with Gasteiger partial charge in [-0.15, -0.1) is 6.58 Å². The number of methoxy groups -OCH3 is 1. The predicted octanol–water partition coefficient (Wildman–Crippen LogP) is 3.62. The summed E-state index contributed by atoms with van der Waals surface area (Å²) in [7, 11) is 1.38. The van der Waals surface area contributed by atoms with Crippen LogP contribution in [-0.2, 0) is 20.8 Å². The van der Waals surface area contributed by atoms with Gasteiger partial charge in [-0.25, -0.2) is 14.5 Å². The lowest BCUT2D eigenvalue weighted by Crippen LogP contribution is -2.54. The van der Waals surface area contributed by atoms with Crippen LogP contribution in [-0.4, -0.2) is 42.6 Å². The maximum Gasteiger partial charge on any atom is 0.341 e. The van der Waals surface area contributed by atoms with E-state index in [2.05, 4.69) is 27.8 Å². The van der Waals surface area contributed by atoms with Crippen molar-refractivity contribution in [2.24, 2.45) is 0 Å². The fourth-order valence-electron chi connectivity index (χ4n) is 3.44. The molecule has 1 aliphatic rings. The molecule has 0 unspecified atom stereocenters. The van der Waals surface area contributed by atoms with Gasteiger partial charge in [0.15, 0.2) is 18.1 Å². The molecular formula is C24H21BrN2O7. The predicted molar refractivity (Wildman–Crippen MR) is 128 cm³/mol. The van der Waals surface area contributed by atoms with Crippen LogP contribution < -0.4 is 19.7 Å². The quantitative estimate of drug-likeness (QED) is 0.304. The number of carbonyl (C=O) groups is 4. The molecule has 4 amide bonds. The van der Waals surface area contributed by atoms with E-state index in [1.165, 1.54) is 19.3 Å². The van der Waals surface area contributed by atoms with Crippen molar-refractivity contribution in [2.45, 2.75) is 13.3 Å². The zero-order valence-electron chi connectivity index (χ0n) is 18.4. The topological polar surface area (TPSA) is 122 Å². The van der Waals surface area contributed by atoms with Crippen LogP contribution in [0.15, 0.2) is 53.0 Å². The summed E-state index contributed by atoms with van der Waals surface area (Å²) in [5.74, 6) is -2.34. The average molecular weight is 529 g/mol. The van der Waals surface area contributed by atoms with Crippen LogP contribution in [0.1, 0.15) is 16.7 Å². The van der Waals surface area contributed by atoms with Crippen molar-refractivity contribution >= 4 is 51.5 Å². The summed E-state index contributed by atoms with van der Waals surface area (Å²) >= 11 is 3.34. The highest BCUT2D eigenvalue weighted by atomic mass is 79.9. The summed E-state index contributed by atoms with van der Waals surface area (Å²) in [6.07, 6.45) is 3.24. The monoisotopic (exact) mass is 528 g/mol. The van der Waals surface area contributed by atoms with Crippen LogP contribution in [0, 0.1) is 6.92 Å². The van der Waals surface area contributed by atoms with Gasteiger partial charge in [-0.3, -0.25) is 14.9 Å². The van der Waals surface area contributed by atoms with Gasteiger partial charge in [-0.1, -0.05) is 22.0 Å². The van der Waals surface area contributed by atoms with Crippen molar-refractivity contribution in [3.63, 3.8) is 0 Å². The van der Waals surface area contributed by atoms with E-state index >= 15 is 0 Å². The number of rotatable bonds is 8. The average Bonchev–Trinajstić information content (AvgIpc) is 2.77. The number of carboxylic acids is 1. The number of urea groups is 1. The Morgan fingerprint density at radius 3 is 2.59 bits per heavy atom. The molecule has 0 atom stereocenters. The molecule has 0 radical (unpaired) electrons. The lowest BCUT2D eigenvalue weighted by atomic mass is 10.0. The number of ether oxygens (including phenoxy) is 2. The van der Waals surface area contributed by atoms with E-state index in [-0.39, 0.29) is 17.1 Å². The first-order chi connectivity index (χ1) is 16.2. The van der Waals surface area contributed by atoms with E-state index in [1.54, 1.807) is 37.3 Å². The van der Waals surface area contributed by atoms with Crippen LogP contribution in [0.3, 0.4) is 0 Å². The van der Waals surface area contributed by atoms with E-state index in [9.17, 15) is 19.2 Å². The number of halogens is 1. The molecule has 0 aliphatic carbocycles. The minimum atomic E-state index is -1.16. The number of barbiturate groups is 1. The minimum Gasteiger partial charge on any atom is -0.493 e. The summed E-state index contributed by atoms with van der Waals surface area (Å²) < 4.78 is 11.5. The number of carbonyl (C=O) groups excluding carboxylic acids is 3. The number of allylic oxidation sites excluding steroid dienone is 1. The number of imide groups is 2. The van der Waals surface area contributed by atoms with E-state index < -0.39 is 30.4 Å². The zero-order valence-corrected chi connectivity index (χ0v) is 20.0. The number of hydrogen-bond donors (Lipinski definition) is 2. The summed E-state index contributed by atoms with van der Waals surface area (Å²) in [4.78, 5) is 50.1. The van der Waals surface area contributed by atoms with Crippen molar-refractivity contribution in [3.05, 3.63) is 69.7 Å². The number of nitrogens with one attached hydrogen (secondary N) is 1. The van der Waals surface area contributed by atoms with Crippen molar-refractivity contribution in [3.8, 4) is 11.5 Å². The highest BCUT2D eigenvalue weighted by molar-refractivity contribution is 9.10. The lowest BCUT2D eigenvalue weighted by Gasteiger charge is -2.27. The van der Waals surface area contributed by atoms with Gasteiger partial charge in [0.1, 0.15) is 5.57 Å². The Balaban J connectivity index is 2.07. The normalized spacial score (nSPS) is 14.7. The first kappa shape index (κ1) is 24.7. The standard InChI is InChI=1S/C24H21BrN2O7/c1-4-5-15-9-14(11-19(33-3)21(15)34-12-20(28)29)10-17-22(30)26-24(32)27(23(17)31)18-7-6-16(25)8-13(18)2/h4,6-11H,1,5,12H2,2-3H3,(H,28,29)(H,26,30,32)/b17-10+. The zero-order chi connectivity index (χ0) is 25.0. The third kappa shape index (κ3) is 5.18. The fraction of sp³-hybridized carbons (Fsp3) is 0.167. The second-order valence-corrected chi connectivity index (χ2v) is 8.19. The van der Waals surface area contributed by atoms with Gasteiger partial charge >= 0.3 is 12.0 Å². The van der Waals surface area contributed by atoms with Gasteiger partial charge in [0, 0.05) is 10.0 Å². The van der Waals surface area contributed by atoms with Gasteiger partial charge in [0.25, 0.3) is 11.8 Å². The van der Waals surface area contributed by atoms with Crippen LogP contribution >= 0.6 is 15.9 Å². The molecule has 0 saturated carbocycles. The molecule has 9 nitrogen and oxygen atoms in total. The SMILES string of the molecule is C=CCc1cc(/C=C2\C(=O)NC(=O)N(c3ccc(Br)cc3C)C2=O)cc(OC)c1OCC(=O)O. The summed E-state index contributed by atoms with van der Waals surface area (Å²) in [5.41, 5.74) is 1.69. The number of anilines is 1. The maximum absolute atomic E-state index is 13.2. The Bertz CT molecular complexity index is 1240. The van der Waals surface area contributed by atoms with Crippen molar-refractivity contribution in [1.82, 2.24) is 5.32 Å². The second-order valence-electron chi connectivity index (χ2n) is 7.28. The van der Waals surface area contributed by atoms with E-state index in [4.69, 9.17) is 14.6 Å². The number of hydrogen-bond acceptors (Lipinski definition) is 6. The van der Waals surface area contributed by atoms with Crippen LogP contribution in [0.2, 0.25) is 0 Å². The Labute approximate surface area is 203 Å². The van der Waals surface area contributed by atoms with Gasteiger partial charge in [-0.05, 0) is 60.9 Å². The van der Waals surface area contributed by atoms with Gasteiger partial charge in [-0.2, -0.15) is 0 Å². The van der Waals surface area contributed by atoms with Gasteiger partial charge in [0.2, 0.25) is 0 Å². The summed E-state index contributed by atoms with van der Waals surface area (Å²) in [6, 6.07) is 7.32. The molecule has 0 aromatic heterocycles. The number of carboxylic acid groups (broad SMARTS) is 1. The molecular weight excluding hydrogens is 508 g/mol. The summed E-state index contributed by atoms with van der Waals surface area (Å²) in [5, 5.41) is 11.1. The molecule has 10 heteroatoms. The number of nitrogens with zero attached hydrogens (tertiary/aromatic N) is 1. The Kier molecular flexibility index (Phi) is 7.52. The molecule has 1 fully saturated rings. The van der Waals surface area contributed by atoms with E-state index in [1.807, 2.05) is 0 Å². The number of amides is 4. The third-order valence-corrected chi connectivity index (χ3v) is 5.38. The van der Waals surface area contributed by atoms with Crippen LogP contribution in [0.5, 0.6) is 11.5 Å². The third-order valence-electron chi connectivity index (χ3n) is 4.89. The number of aliphatic carboxylic acids is 1. The molecule has 0 spiro atoms. The Morgan fingerprint density at radius 1 is 1.24 bits per heavy atom. The molecule has 34 heavy (non-hydrogen) atoms. The molecule has 2 N–H and O–H groups in total. The Hall–Kier alpha value is -3.92. The smallest absolute Gasteiger partial charge is 0.341 e. The van der Waals surface area contributed by atoms with Crippen molar-refractivity contribution < 1.29 is 33.8 Å². The maximum atomic E-state index is 13.2. The molecule has 2 aromatic rings. The van der Waals surface area contributed by atoms with Crippen LogP contribution in [0.25, 0.3) is 6.08 Å². The van der Waals surface area contributed by atoms with E-state index in [0.29, 0.717) is 28.8 Å². The molecule has 176 valence electrons. The van der Waals surface area contributed by atoms with Crippen molar-refractivity contribution in [2.75, 3.05) is 18.6 Å². The molecule has 3 rings (SSSR count). The first-order valence-corrected chi connectivity index (χ1v) is 10.8. The second kappa shape index (κ2) is 10.3. The summed E-state index contributed by atoms with van der Waals surface area (Å²) in [6.45, 7) is 4.85. The molecule has 1 saturated heterocycles. The lowest BCUT2D eigenvalue weighted by molar-refractivity contribution is -0.139. The van der Waals surface area contributed by atoms with Crippen molar-refractivity contribution in [1.29, 1.82) is 0 Å². The molecule has 0 bridgehead atoms. The molecule has 1 heterocycles. The van der Waals surface area contributed by atoms with E-state index in [0.717, 1.165) is 9.37 Å². The van der Waals surface area contributed by atoms with Crippen LogP contribution in [0.4, 0.5) is 10.5 Å². The minimum absolute atomic E-state index is 0.216. The van der Waals surface area contributed by atoms with Gasteiger partial charge in [0.05, 0.1) is 12.8 Å². The first-order valence-electron chi connectivity index (χ1n) is 10.00. The number of benzene rings is 2. The molecule has 1 aliphatic heterocycles. The number of aryl methyl sites for hydroxylation is 1. The Morgan fingerprint density at radius 2 is 1.97 bits per heavy atom.